The molecule has 2 fully saturated rings. The SMILES string of the molecule is CC1(C)CCCC1C(=O)C1CC1c1ccccc1. The first kappa shape index (κ1) is 12.0. The molecular weight excluding hydrogens is 220 g/mol. The van der Waals surface area contributed by atoms with Crippen LogP contribution >= 0.6 is 0 Å². The highest BCUT2D eigenvalue weighted by molar-refractivity contribution is 5.88. The van der Waals surface area contributed by atoms with Crippen LogP contribution in [-0.4, -0.2) is 5.78 Å². The minimum Gasteiger partial charge on any atom is -0.299 e. The Morgan fingerprint density at radius 3 is 2.56 bits per heavy atom. The van der Waals surface area contributed by atoms with Gasteiger partial charge in [-0.05, 0) is 36.2 Å². The van der Waals surface area contributed by atoms with Crippen molar-refractivity contribution in [3.8, 4) is 0 Å². The number of hydrogen-bond acceptors (Lipinski definition) is 1. The number of carbonyl (C=O) groups excluding carboxylic acids is 1. The summed E-state index contributed by atoms with van der Waals surface area (Å²) < 4.78 is 0. The molecule has 3 atom stereocenters. The van der Waals surface area contributed by atoms with E-state index in [-0.39, 0.29) is 5.41 Å². The largest absolute Gasteiger partial charge is 0.299 e. The lowest BCUT2D eigenvalue weighted by Crippen LogP contribution is -2.27. The van der Waals surface area contributed by atoms with Gasteiger partial charge in [-0.1, -0.05) is 50.6 Å². The zero-order chi connectivity index (χ0) is 12.8. The van der Waals surface area contributed by atoms with Crippen LogP contribution in [0.15, 0.2) is 30.3 Å². The van der Waals surface area contributed by atoms with Gasteiger partial charge in [-0.3, -0.25) is 4.79 Å². The summed E-state index contributed by atoms with van der Waals surface area (Å²) in [6, 6.07) is 10.5. The second kappa shape index (κ2) is 4.22. The van der Waals surface area contributed by atoms with Crippen molar-refractivity contribution in [1.82, 2.24) is 0 Å². The Kier molecular flexibility index (Phi) is 2.80. The van der Waals surface area contributed by atoms with Crippen molar-refractivity contribution in [2.75, 3.05) is 0 Å². The van der Waals surface area contributed by atoms with Crippen molar-refractivity contribution in [2.24, 2.45) is 17.3 Å². The van der Waals surface area contributed by atoms with E-state index in [2.05, 4.69) is 38.1 Å². The summed E-state index contributed by atoms with van der Waals surface area (Å²) >= 11 is 0. The third-order valence-electron chi connectivity index (χ3n) is 4.98. The molecule has 3 unspecified atom stereocenters. The van der Waals surface area contributed by atoms with Crippen molar-refractivity contribution < 1.29 is 4.79 Å². The normalized spacial score (nSPS) is 33.3. The predicted molar refractivity (Wildman–Crippen MR) is 73.4 cm³/mol. The standard InChI is InChI=1S/C17H22O/c1-17(2)10-6-9-15(17)16(18)14-11-13(14)12-7-4-3-5-8-12/h3-5,7-8,13-15H,6,9-11H2,1-2H3. The van der Waals surface area contributed by atoms with E-state index in [0.717, 1.165) is 12.8 Å². The Balaban J connectivity index is 1.70. The molecule has 0 aromatic heterocycles. The Bertz CT molecular complexity index is 446. The Hall–Kier alpha value is -1.11. The molecule has 1 aromatic carbocycles. The van der Waals surface area contributed by atoms with Crippen LogP contribution in [0.5, 0.6) is 0 Å². The van der Waals surface area contributed by atoms with Crippen LogP contribution in [0.4, 0.5) is 0 Å². The molecule has 0 heterocycles. The third kappa shape index (κ3) is 2.00. The maximum atomic E-state index is 12.6. The number of rotatable bonds is 3. The molecule has 0 N–H and O–H groups in total. The molecule has 2 aliphatic rings. The van der Waals surface area contributed by atoms with E-state index >= 15 is 0 Å². The van der Waals surface area contributed by atoms with Gasteiger partial charge in [0.1, 0.15) is 5.78 Å². The topological polar surface area (TPSA) is 17.1 Å². The molecule has 1 aromatic rings. The lowest BCUT2D eigenvalue weighted by atomic mass is 9.78. The van der Waals surface area contributed by atoms with E-state index < -0.39 is 0 Å². The van der Waals surface area contributed by atoms with E-state index in [4.69, 9.17) is 0 Å². The molecule has 0 amide bonds. The number of hydrogen-bond donors (Lipinski definition) is 0. The second-order valence-electron chi connectivity index (χ2n) is 6.70. The molecule has 2 saturated carbocycles. The molecule has 2 aliphatic carbocycles. The molecule has 96 valence electrons. The van der Waals surface area contributed by atoms with Gasteiger partial charge in [0.05, 0.1) is 0 Å². The Morgan fingerprint density at radius 1 is 1.22 bits per heavy atom. The molecule has 1 nitrogen and oxygen atoms in total. The van der Waals surface area contributed by atoms with Crippen molar-refractivity contribution in [3.63, 3.8) is 0 Å². The minimum absolute atomic E-state index is 0.237. The van der Waals surface area contributed by atoms with Crippen molar-refractivity contribution in [1.29, 1.82) is 0 Å². The van der Waals surface area contributed by atoms with Gasteiger partial charge in [0.15, 0.2) is 0 Å². The molecule has 0 bridgehead atoms. The molecule has 18 heavy (non-hydrogen) atoms. The highest BCUT2D eigenvalue weighted by Gasteiger charge is 2.50. The predicted octanol–water partition coefficient (Wildman–Crippen LogP) is 4.19. The van der Waals surface area contributed by atoms with Crippen molar-refractivity contribution in [3.05, 3.63) is 35.9 Å². The van der Waals surface area contributed by atoms with Gasteiger partial charge in [-0.2, -0.15) is 0 Å². The molecule has 0 spiro atoms. The maximum absolute atomic E-state index is 12.6. The van der Waals surface area contributed by atoms with Crippen LogP contribution in [0, 0.1) is 17.3 Å². The van der Waals surface area contributed by atoms with E-state index in [1.807, 2.05) is 6.07 Å². The number of Topliss-reactive ketones (excluding diaryl/α,β-unsaturated/α-hetero) is 1. The Labute approximate surface area is 110 Å². The van der Waals surface area contributed by atoms with Gasteiger partial charge >= 0.3 is 0 Å². The first-order valence-corrected chi connectivity index (χ1v) is 7.18. The van der Waals surface area contributed by atoms with Crippen LogP contribution in [0.1, 0.15) is 51.0 Å². The zero-order valence-corrected chi connectivity index (χ0v) is 11.4. The van der Waals surface area contributed by atoms with Gasteiger partial charge in [0.2, 0.25) is 0 Å². The molecule has 3 rings (SSSR count). The molecule has 1 heteroatoms. The van der Waals surface area contributed by atoms with Gasteiger partial charge in [-0.25, -0.2) is 0 Å². The minimum atomic E-state index is 0.237. The van der Waals surface area contributed by atoms with E-state index in [0.29, 0.717) is 23.5 Å². The van der Waals surface area contributed by atoms with Gasteiger partial charge in [-0.15, -0.1) is 0 Å². The summed E-state index contributed by atoms with van der Waals surface area (Å²) in [4.78, 5) is 12.6. The summed E-state index contributed by atoms with van der Waals surface area (Å²) in [7, 11) is 0. The highest BCUT2D eigenvalue weighted by atomic mass is 16.1. The van der Waals surface area contributed by atoms with E-state index in [1.165, 1.54) is 18.4 Å². The third-order valence-corrected chi connectivity index (χ3v) is 4.98. The van der Waals surface area contributed by atoms with Gasteiger partial charge in [0, 0.05) is 11.8 Å². The van der Waals surface area contributed by atoms with Crippen molar-refractivity contribution >= 4 is 5.78 Å². The smallest absolute Gasteiger partial charge is 0.140 e. The fraction of sp³-hybridized carbons (Fsp3) is 0.588. The number of carbonyl (C=O) groups is 1. The van der Waals surface area contributed by atoms with Crippen LogP contribution in [0.25, 0.3) is 0 Å². The first-order chi connectivity index (χ1) is 8.59. The fourth-order valence-corrected chi connectivity index (χ4v) is 3.69. The molecule has 0 aliphatic heterocycles. The Morgan fingerprint density at radius 2 is 1.94 bits per heavy atom. The molecular formula is C17H22O. The van der Waals surface area contributed by atoms with Crippen LogP contribution in [0.3, 0.4) is 0 Å². The lowest BCUT2D eigenvalue weighted by molar-refractivity contribution is -0.126. The number of ketones is 1. The van der Waals surface area contributed by atoms with Gasteiger partial charge in [0.25, 0.3) is 0 Å². The summed E-state index contributed by atoms with van der Waals surface area (Å²) in [5.74, 6) is 1.69. The monoisotopic (exact) mass is 242 g/mol. The van der Waals surface area contributed by atoms with Crippen LogP contribution in [-0.2, 0) is 4.79 Å². The zero-order valence-electron chi connectivity index (χ0n) is 11.4. The van der Waals surface area contributed by atoms with Crippen LogP contribution < -0.4 is 0 Å². The summed E-state index contributed by atoms with van der Waals surface area (Å²) in [5.41, 5.74) is 1.59. The summed E-state index contributed by atoms with van der Waals surface area (Å²) in [6.45, 7) is 4.53. The second-order valence-corrected chi connectivity index (χ2v) is 6.70. The van der Waals surface area contributed by atoms with Crippen LogP contribution in [0.2, 0.25) is 0 Å². The van der Waals surface area contributed by atoms with Crippen molar-refractivity contribution in [2.45, 2.75) is 45.4 Å². The first-order valence-electron chi connectivity index (χ1n) is 7.18. The van der Waals surface area contributed by atoms with Gasteiger partial charge < -0.3 is 0 Å². The average molecular weight is 242 g/mol. The maximum Gasteiger partial charge on any atom is 0.140 e. The number of benzene rings is 1. The quantitative estimate of drug-likeness (QED) is 0.777. The fourth-order valence-electron chi connectivity index (χ4n) is 3.69. The summed E-state index contributed by atoms with van der Waals surface area (Å²) in [5, 5.41) is 0. The summed E-state index contributed by atoms with van der Waals surface area (Å²) in [6.07, 6.45) is 4.64. The van der Waals surface area contributed by atoms with E-state index in [9.17, 15) is 4.79 Å². The molecule has 0 saturated heterocycles. The molecule has 0 radical (unpaired) electrons. The lowest BCUT2D eigenvalue weighted by Gasteiger charge is -2.25. The highest BCUT2D eigenvalue weighted by Crippen LogP contribution is 2.53. The average Bonchev–Trinajstić information content (AvgIpc) is 3.08. The van der Waals surface area contributed by atoms with E-state index in [1.54, 1.807) is 0 Å².